The van der Waals surface area contributed by atoms with Crippen LogP contribution >= 0.6 is 0 Å². The average Bonchev–Trinajstić information content (AvgIpc) is 2.13. The predicted octanol–water partition coefficient (Wildman–Crippen LogP) is -1.32. The largest absolute Gasteiger partial charge is 0.479 e. The lowest BCUT2D eigenvalue weighted by molar-refractivity contribution is -0.146. The molecule has 0 aliphatic heterocycles. The summed E-state index contributed by atoms with van der Waals surface area (Å²) < 4.78 is 0. The van der Waals surface area contributed by atoms with E-state index in [9.17, 15) is 9.59 Å². The van der Waals surface area contributed by atoms with Gasteiger partial charge in [-0.2, -0.15) is 0 Å². The third-order valence-corrected chi connectivity index (χ3v) is 1.69. The Kier molecular flexibility index (Phi) is 5.82. The standard InChI is InChI=1S/C8H16N2O4/c1-2-3-5(9)7(12)10-4-6(11)8(13)14/h5-6,11H,2-4,9H2,1H3,(H,10,12)(H,13,14). The molecule has 6 heteroatoms. The number of hydrogen-bond acceptors (Lipinski definition) is 4. The van der Waals surface area contributed by atoms with E-state index in [1.54, 1.807) is 0 Å². The predicted molar refractivity (Wildman–Crippen MR) is 49.5 cm³/mol. The Labute approximate surface area is 82.1 Å². The Morgan fingerprint density at radius 2 is 2.07 bits per heavy atom. The fourth-order valence-corrected chi connectivity index (χ4v) is 0.858. The fourth-order valence-electron chi connectivity index (χ4n) is 0.858. The van der Waals surface area contributed by atoms with Gasteiger partial charge in [-0.3, -0.25) is 4.79 Å². The number of carbonyl (C=O) groups excluding carboxylic acids is 1. The zero-order chi connectivity index (χ0) is 11.1. The zero-order valence-electron chi connectivity index (χ0n) is 8.06. The van der Waals surface area contributed by atoms with E-state index < -0.39 is 24.0 Å². The van der Waals surface area contributed by atoms with E-state index >= 15 is 0 Å². The second-order valence-corrected chi connectivity index (χ2v) is 2.99. The maximum Gasteiger partial charge on any atom is 0.334 e. The monoisotopic (exact) mass is 204 g/mol. The Morgan fingerprint density at radius 1 is 1.50 bits per heavy atom. The number of carbonyl (C=O) groups is 2. The van der Waals surface area contributed by atoms with Crippen molar-refractivity contribution >= 4 is 11.9 Å². The number of rotatable bonds is 6. The van der Waals surface area contributed by atoms with Gasteiger partial charge in [0, 0.05) is 0 Å². The molecule has 0 aromatic carbocycles. The number of hydrogen-bond donors (Lipinski definition) is 4. The molecule has 82 valence electrons. The maximum atomic E-state index is 11.1. The molecule has 0 aliphatic carbocycles. The van der Waals surface area contributed by atoms with E-state index in [0.717, 1.165) is 6.42 Å². The molecule has 2 unspecified atom stereocenters. The zero-order valence-corrected chi connectivity index (χ0v) is 8.06. The molecule has 0 heterocycles. The molecule has 2 atom stereocenters. The van der Waals surface area contributed by atoms with E-state index in [0.29, 0.717) is 6.42 Å². The van der Waals surface area contributed by atoms with Crippen molar-refractivity contribution in [2.45, 2.75) is 31.9 Å². The summed E-state index contributed by atoms with van der Waals surface area (Å²) in [6.07, 6.45) is -0.266. The molecule has 14 heavy (non-hydrogen) atoms. The van der Waals surface area contributed by atoms with Crippen LogP contribution in [0.4, 0.5) is 0 Å². The highest BCUT2D eigenvalue weighted by molar-refractivity contribution is 5.82. The van der Waals surface area contributed by atoms with Crippen LogP contribution in [0.15, 0.2) is 0 Å². The van der Waals surface area contributed by atoms with E-state index in [1.165, 1.54) is 0 Å². The highest BCUT2D eigenvalue weighted by Gasteiger charge is 2.17. The number of nitrogens with one attached hydrogen (secondary N) is 1. The van der Waals surface area contributed by atoms with Crippen molar-refractivity contribution in [3.63, 3.8) is 0 Å². The highest BCUT2D eigenvalue weighted by atomic mass is 16.4. The number of amides is 1. The van der Waals surface area contributed by atoms with Crippen LogP contribution in [-0.2, 0) is 9.59 Å². The molecular formula is C8H16N2O4. The lowest BCUT2D eigenvalue weighted by Gasteiger charge is -2.12. The Morgan fingerprint density at radius 3 is 2.50 bits per heavy atom. The first-order valence-corrected chi connectivity index (χ1v) is 4.43. The molecular weight excluding hydrogens is 188 g/mol. The van der Waals surface area contributed by atoms with Crippen molar-refractivity contribution in [3.8, 4) is 0 Å². The van der Waals surface area contributed by atoms with E-state index in [4.69, 9.17) is 15.9 Å². The maximum absolute atomic E-state index is 11.1. The van der Waals surface area contributed by atoms with Gasteiger partial charge in [-0.15, -0.1) is 0 Å². The van der Waals surface area contributed by atoms with Crippen LogP contribution in [0.2, 0.25) is 0 Å². The smallest absolute Gasteiger partial charge is 0.334 e. The molecule has 1 amide bonds. The quantitative estimate of drug-likeness (QED) is 0.428. The van der Waals surface area contributed by atoms with Gasteiger partial charge in [0.25, 0.3) is 0 Å². The molecule has 0 saturated carbocycles. The SMILES string of the molecule is CCCC(N)C(=O)NCC(O)C(=O)O. The van der Waals surface area contributed by atoms with Crippen molar-refractivity contribution in [3.05, 3.63) is 0 Å². The summed E-state index contributed by atoms with van der Waals surface area (Å²) in [5.74, 6) is -1.80. The van der Waals surface area contributed by atoms with Gasteiger partial charge in [-0.05, 0) is 6.42 Å². The van der Waals surface area contributed by atoms with Gasteiger partial charge in [0.05, 0.1) is 12.6 Å². The molecule has 0 spiro atoms. The Bertz CT molecular complexity index is 208. The molecule has 0 aliphatic rings. The molecule has 0 fully saturated rings. The van der Waals surface area contributed by atoms with Crippen molar-refractivity contribution in [1.82, 2.24) is 5.32 Å². The molecule has 5 N–H and O–H groups in total. The van der Waals surface area contributed by atoms with Crippen molar-refractivity contribution in [1.29, 1.82) is 0 Å². The van der Waals surface area contributed by atoms with Gasteiger partial charge in [-0.1, -0.05) is 13.3 Å². The van der Waals surface area contributed by atoms with E-state index in [-0.39, 0.29) is 6.54 Å². The molecule has 6 nitrogen and oxygen atoms in total. The summed E-state index contributed by atoms with van der Waals surface area (Å²) in [5, 5.41) is 19.4. The topological polar surface area (TPSA) is 113 Å². The van der Waals surface area contributed by atoms with Crippen LogP contribution in [0.1, 0.15) is 19.8 Å². The van der Waals surface area contributed by atoms with Crippen LogP contribution in [0.5, 0.6) is 0 Å². The third-order valence-electron chi connectivity index (χ3n) is 1.69. The number of carboxylic acids is 1. The lowest BCUT2D eigenvalue weighted by Crippen LogP contribution is -2.44. The lowest BCUT2D eigenvalue weighted by atomic mass is 10.1. The number of aliphatic carboxylic acids is 1. The second-order valence-electron chi connectivity index (χ2n) is 2.99. The van der Waals surface area contributed by atoms with Crippen LogP contribution in [0.25, 0.3) is 0 Å². The number of carboxylic acid groups (broad SMARTS) is 1. The Hall–Kier alpha value is -1.14. The molecule has 0 radical (unpaired) electrons. The summed E-state index contributed by atoms with van der Waals surface area (Å²) >= 11 is 0. The summed E-state index contributed by atoms with van der Waals surface area (Å²) in [6, 6.07) is -0.638. The number of aliphatic hydroxyl groups is 1. The molecule has 0 aromatic heterocycles. The number of aliphatic hydroxyl groups excluding tert-OH is 1. The first-order valence-electron chi connectivity index (χ1n) is 4.43. The van der Waals surface area contributed by atoms with Gasteiger partial charge in [0.2, 0.25) is 5.91 Å². The third kappa shape index (κ3) is 4.78. The van der Waals surface area contributed by atoms with Gasteiger partial charge in [-0.25, -0.2) is 4.79 Å². The van der Waals surface area contributed by atoms with Crippen LogP contribution in [-0.4, -0.2) is 40.8 Å². The average molecular weight is 204 g/mol. The van der Waals surface area contributed by atoms with Crippen LogP contribution in [0.3, 0.4) is 0 Å². The minimum atomic E-state index is -1.58. The van der Waals surface area contributed by atoms with E-state index in [2.05, 4.69) is 5.32 Å². The normalized spacial score (nSPS) is 14.5. The molecule has 0 saturated heterocycles. The van der Waals surface area contributed by atoms with Gasteiger partial charge in [0.15, 0.2) is 6.10 Å². The fraction of sp³-hybridized carbons (Fsp3) is 0.750. The van der Waals surface area contributed by atoms with Crippen molar-refractivity contribution < 1.29 is 19.8 Å². The molecule has 0 rings (SSSR count). The van der Waals surface area contributed by atoms with Crippen molar-refractivity contribution in [2.24, 2.45) is 5.73 Å². The van der Waals surface area contributed by atoms with Crippen molar-refractivity contribution in [2.75, 3.05) is 6.54 Å². The first kappa shape index (κ1) is 12.9. The first-order chi connectivity index (χ1) is 6.49. The summed E-state index contributed by atoms with van der Waals surface area (Å²) in [6.45, 7) is 1.57. The summed E-state index contributed by atoms with van der Waals surface area (Å²) in [5.41, 5.74) is 5.45. The minimum Gasteiger partial charge on any atom is -0.479 e. The number of nitrogens with two attached hydrogens (primary N) is 1. The van der Waals surface area contributed by atoms with Gasteiger partial charge in [0.1, 0.15) is 0 Å². The van der Waals surface area contributed by atoms with Gasteiger partial charge < -0.3 is 21.3 Å². The second kappa shape index (κ2) is 6.33. The molecule has 0 aromatic rings. The van der Waals surface area contributed by atoms with E-state index in [1.807, 2.05) is 6.92 Å². The van der Waals surface area contributed by atoms with Crippen LogP contribution in [0, 0.1) is 0 Å². The summed E-state index contributed by atoms with van der Waals surface area (Å²) in [4.78, 5) is 21.3. The minimum absolute atomic E-state index is 0.314. The molecule has 0 bridgehead atoms. The highest BCUT2D eigenvalue weighted by Crippen LogP contribution is 1.92. The Balaban J connectivity index is 3.78. The van der Waals surface area contributed by atoms with Crippen LogP contribution < -0.4 is 11.1 Å². The van der Waals surface area contributed by atoms with Gasteiger partial charge >= 0.3 is 5.97 Å². The summed E-state index contributed by atoms with van der Waals surface area (Å²) in [7, 11) is 0.